The van der Waals surface area contributed by atoms with Crippen LogP contribution in [0.15, 0.2) is 42.5 Å². The molecule has 126 valence electrons. The Hall–Kier alpha value is -2.55. The normalized spacial score (nSPS) is 18.8. The fourth-order valence-electron chi connectivity index (χ4n) is 4.60. The summed E-state index contributed by atoms with van der Waals surface area (Å²) in [5.74, 6) is 0.0345. The van der Waals surface area contributed by atoms with Gasteiger partial charge in [-0.2, -0.15) is 0 Å². The van der Waals surface area contributed by atoms with E-state index >= 15 is 0 Å². The van der Waals surface area contributed by atoms with Crippen molar-refractivity contribution in [2.24, 2.45) is 0 Å². The summed E-state index contributed by atoms with van der Waals surface area (Å²) in [6.45, 7) is 0. The first-order chi connectivity index (χ1) is 12.3. The van der Waals surface area contributed by atoms with Gasteiger partial charge in [-0.3, -0.25) is 4.79 Å². The topological polar surface area (TPSA) is 44.9 Å². The molecule has 1 unspecified atom stereocenters. The van der Waals surface area contributed by atoms with Crippen molar-refractivity contribution in [3.05, 3.63) is 70.4 Å². The van der Waals surface area contributed by atoms with Crippen LogP contribution in [0.2, 0.25) is 0 Å². The van der Waals surface area contributed by atoms with Crippen molar-refractivity contribution in [1.29, 1.82) is 0 Å². The van der Waals surface area contributed by atoms with E-state index in [1.165, 1.54) is 34.2 Å². The molecule has 0 radical (unpaired) electrons. The highest BCUT2D eigenvalue weighted by Crippen LogP contribution is 2.33. The van der Waals surface area contributed by atoms with Crippen molar-refractivity contribution in [1.82, 2.24) is 10.3 Å². The Morgan fingerprint density at radius 1 is 1.00 bits per heavy atom. The molecule has 2 aromatic carbocycles. The number of fused-ring (bicyclic) bond motifs is 4. The number of aryl methyl sites for hydroxylation is 3. The van der Waals surface area contributed by atoms with Crippen molar-refractivity contribution >= 4 is 16.8 Å². The smallest absolute Gasteiger partial charge is 0.253 e. The molecule has 0 bridgehead atoms. The van der Waals surface area contributed by atoms with E-state index in [1.807, 2.05) is 12.1 Å². The minimum Gasteiger partial charge on any atom is -0.358 e. The van der Waals surface area contributed by atoms with Crippen LogP contribution in [-0.4, -0.2) is 10.9 Å². The van der Waals surface area contributed by atoms with Gasteiger partial charge in [-0.15, -0.1) is 0 Å². The summed E-state index contributed by atoms with van der Waals surface area (Å²) in [4.78, 5) is 16.6. The van der Waals surface area contributed by atoms with E-state index in [9.17, 15) is 4.79 Å². The number of nitrogens with one attached hydrogen (secondary N) is 2. The maximum absolute atomic E-state index is 13.0. The zero-order valence-electron chi connectivity index (χ0n) is 14.3. The Morgan fingerprint density at radius 2 is 1.92 bits per heavy atom. The number of aromatic amines is 1. The largest absolute Gasteiger partial charge is 0.358 e. The molecule has 3 heteroatoms. The van der Waals surface area contributed by atoms with Gasteiger partial charge in [0.2, 0.25) is 0 Å². The molecule has 25 heavy (non-hydrogen) atoms. The van der Waals surface area contributed by atoms with Crippen molar-refractivity contribution < 1.29 is 4.79 Å². The molecule has 1 amide bonds. The first kappa shape index (κ1) is 14.8. The number of para-hydroxylation sites is 1. The maximum Gasteiger partial charge on any atom is 0.253 e. The third-order valence-corrected chi connectivity index (χ3v) is 5.80. The Labute approximate surface area is 147 Å². The summed E-state index contributed by atoms with van der Waals surface area (Å²) in [5, 5.41) is 4.52. The number of H-pyrrole nitrogens is 1. The third kappa shape index (κ3) is 2.38. The van der Waals surface area contributed by atoms with Crippen LogP contribution in [0.1, 0.15) is 58.0 Å². The second-order valence-electron chi connectivity index (χ2n) is 7.28. The lowest BCUT2D eigenvalue weighted by molar-refractivity contribution is 0.0934. The van der Waals surface area contributed by atoms with Gasteiger partial charge in [-0.1, -0.05) is 36.4 Å². The molecule has 0 fully saturated rings. The van der Waals surface area contributed by atoms with E-state index in [0.29, 0.717) is 0 Å². The first-order valence-electron chi connectivity index (χ1n) is 9.32. The molecule has 1 aromatic heterocycles. The molecule has 0 saturated carbocycles. The lowest BCUT2D eigenvalue weighted by Crippen LogP contribution is -2.31. The van der Waals surface area contributed by atoms with Crippen LogP contribution in [0.5, 0.6) is 0 Å². The number of hydrogen-bond donors (Lipinski definition) is 2. The van der Waals surface area contributed by atoms with Gasteiger partial charge in [0.15, 0.2) is 0 Å². The van der Waals surface area contributed by atoms with Gasteiger partial charge < -0.3 is 10.3 Å². The van der Waals surface area contributed by atoms with Gasteiger partial charge in [0.05, 0.1) is 17.1 Å². The van der Waals surface area contributed by atoms with E-state index < -0.39 is 0 Å². The summed E-state index contributed by atoms with van der Waals surface area (Å²) in [7, 11) is 0. The second kappa shape index (κ2) is 5.76. The van der Waals surface area contributed by atoms with E-state index in [4.69, 9.17) is 0 Å². The Kier molecular flexibility index (Phi) is 3.40. The van der Waals surface area contributed by atoms with Crippen LogP contribution in [0.3, 0.4) is 0 Å². The van der Waals surface area contributed by atoms with Crippen molar-refractivity contribution in [2.75, 3.05) is 0 Å². The molecule has 1 atom stereocenters. The Bertz CT molecular complexity index is 969. The summed E-state index contributed by atoms with van der Waals surface area (Å²) in [6.07, 6.45) is 6.69. The SMILES string of the molecule is O=C(NC1CCCc2ccccc21)c1cccc2c3c([nH]c12)CCC3. The maximum atomic E-state index is 13.0. The molecule has 2 N–H and O–H groups in total. The number of rotatable bonds is 2. The van der Waals surface area contributed by atoms with Crippen molar-refractivity contribution in [3.8, 4) is 0 Å². The van der Waals surface area contributed by atoms with Gasteiger partial charge >= 0.3 is 0 Å². The van der Waals surface area contributed by atoms with Crippen LogP contribution in [0.4, 0.5) is 0 Å². The van der Waals surface area contributed by atoms with Gasteiger partial charge in [0.25, 0.3) is 5.91 Å². The predicted octanol–water partition coefficient (Wildman–Crippen LogP) is 4.46. The van der Waals surface area contributed by atoms with Crippen LogP contribution >= 0.6 is 0 Å². The van der Waals surface area contributed by atoms with Crippen molar-refractivity contribution in [3.63, 3.8) is 0 Å². The van der Waals surface area contributed by atoms with Gasteiger partial charge in [-0.05, 0) is 61.3 Å². The van der Waals surface area contributed by atoms with Gasteiger partial charge in [0.1, 0.15) is 0 Å². The fraction of sp³-hybridized carbons (Fsp3) is 0.318. The van der Waals surface area contributed by atoms with E-state index in [0.717, 1.165) is 43.2 Å². The number of aromatic nitrogens is 1. The fourth-order valence-corrected chi connectivity index (χ4v) is 4.60. The molecule has 2 aliphatic carbocycles. The predicted molar refractivity (Wildman–Crippen MR) is 99.9 cm³/mol. The molecule has 0 saturated heterocycles. The molecular formula is C22H22N2O. The third-order valence-electron chi connectivity index (χ3n) is 5.80. The summed E-state index contributed by atoms with van der Waals surface area (Å²) in [6, 6.07) is 14.7. The highest BCUT2D eigenvalue weighted by atomic mass is 16.1. The summed E-state index contributed by atoms with van der Waals surface area (Å²) < 4.78 is 0. The average Bonchev–Trinajstić information content (AvgIpc) is 3.23. The molecule has 1 heterocycles. The molecule has 3 nitrogen and oxygen atoms in total. The van der Waals surface area contributed by atoms with E-state index in [-0.39, 0.29) is 11.9 Å². The molecule has 0 aliphatic heterocycles. The average molecular weight is 330 g/mol. The summed E-state index contributed by atoms with van der Waals surface area (Å²) >= 11 is 0. The first-order valence-corrected chi connectivity index (χ1v) is 9.32. The Morgan fingerprint density at radius 3 is 2.88 bits per heavy atom. The molecule has 2 aliphatic rings. The van der Waals surface area contributed by atoms with Crippen LogP contribution in [0.25, 0.3) is 10.9 Å². The van der Waals surface area contributed by atoms with Crippen LogP contribution in [-0.2, 0) is 19.3 Å². The Balaban J connectivity index is 1.49. The molecule has 5 rings (SSSR count). The highest BCUT2D eigenvalue weighted by Gasteiger charge is 2.24. The zero-order chi connectivity index (χ0) is 16.8. The quantitative estimate of drug-likeness (QED) is 0.716. The van der Waals surface area contributed by atoms with Gasteiger partial charge in [0, 0.05) is 11.1 Å². The monoisotopic (exact) mass is 330 g/mol. The molecule has 3 aromatic rings. The lowest BCUT2D eigenvalue weighted by atomic mass is 9.87. The molecule has 0 spiro atoms. The molecular weight excluding hydrogens is 308 g/mol. The zero-order valence-corrected chi connectivity index (χ0v) is 14.3. The van der Waals surface area contributed by atoms with Gasteiger partial charge in [-0.25, -0.2) is 0 Å². The number of amides is 1. The minimum atomic E-state index is 0.0345. The lowest BCUT2D eigenvalue weighted by Gasteiger charge is -2.26. The number of hydrogen-bond acceptors (Lipinski definition) is 1. The number of benzene rings is 2. The van der Waals surface area contributed by atoms with Crippen LogP contribution < -0.4 is 5.32 Å². The van der Waals surface area contributed by atoms with E-state index in [2.05, 4.69) is 40.6 Å². The highest BCUT2D eigenvalue weighted by molar-refractivity contribution is 6.07. The van der Waals surface area contributed by atoms with Crippen molar-refractivity contribution in [2.45, 2.75) is 44.6 Å². The number of carbonyl (C=O) groups is 1. The second-order valence-corrected chi connectivity index (χ2v) is 7.28. The summed E-state index contributed by atoms with van der Waals surface area (Å²) in [5.41, 5.74) is 7.16. The van der Waals surface area contributed by atoms with E-state index in [1.54, 1.807) is 0 Å². The number of carbonyl (C=O) groups excluding carboxylic acids is 1. The minimum absolute atomic E-state index is 0.0345. The van der Waals surface area contributed by atoms with Crippen LogP contribution in [0, 0.1) is 0 Å². The standard InChI is InChI=1S/C22H22N2O/c25-22(24-19-12-3-7-14-6-1-2-8-15(14)19)18-11-4-10-17-16-9-5-13-20(16)23-21(17)18/h1-2,4,6,8,10-11,19,23H,3,5,7,9,12-13H2,(H,24,25).